The van der Waals surface area contributed by atoms with Gasteiger partial charge in [0.15, 0.2) is 17.5 Å². The van der Waals surface area contributed by atoms with E-state index < -0.39 is 35.5 Å². The molecule has 0 radical (unpaired) electrons. The zero-order chi connectivity index (χ0) is 23.5. The molecular weight excluding hydrogens is 439 g/mol. The Morgan fingerprint density at radius 1 is 0.939 bits per heavy atom. The van der Waals surface area contributed by atoms with E-state index in [1.807, 2.05) is 0 Å². The molecule has 33 heavy (non-hydrogen) atoms. The van der Waals surface area contributed by atoms with Crippen LogP contribution in [0.5, 0.6) is 17.2 Å². The van der Waals surface area contributed by atoms with Crippen molar-refractivity contribution in [3.63, 3.8) is 0 Å². The molecule has 4 aromatic rings. The normalized spacial score (nSPS) is 10.8. The minimum atomic E-state index is -1.30. The van der Waals surface area contributed by atoms with E-state index in [0.29, 0.717) is 28.5 Å². The first kappa shape index (κ1) is 22.0. The number of anilines is 1. The second-order valence-corrected chi connectivity index (χ2v) is 6.95. The zero-order valence-electron chi connectivity index (χ0n) is 17.5. The van der Waals surface area contributed by atoms with Crippen LogP contribution in [0.2, 0.25) is 0 Å². The number of hydrogen-bond donors (Lipinski definition) is 2. The Labute approximate surface area is 186 Å². The van der Waals surface area contributed by atoms with E-state index in [9.17, 15) is 18.0 Å². The fourth-order valence-electron chi connectivity index (χ4n) is 3.15. The molecule has 4 rings (SSSR count). The number of ether oxygens (including phenoxy) is 3. The molecule has 3 aromatic carbocycles. The summed E-state index contributed by atoms with van der Waals surface area (Å²) in [4.78, 5) is 12.8. The number of amides is 1. The van der Waals surface area contributed by atoms with Crippen molar-refractivity contribution in [1.29, 1.82) is 0 Å². The SMILES string of the molecule is COc1cc(OC)cc(C(=O)Nc2n[nH]c3ccc(OCc4c(F)ccc(F)c4F)cc23)c1. The molecule has 7 nitrogen and oxygen atoms in total. The Morgan fingerprint density at radius 3 is 2.33 bits per heavy atom. The summed E-state index contributed by atoms with van der Waals surface area (Å²) in [5.74, 6) is -2.51. The van der Waals surface area contributed by atoms with Crippen LogP contribution in [-0.2, 0) is 6.61 Å². The molecule has 0 atom stereocenters. The standard InChI is InChI=1S/C23H18F3N3O4/c1-31-14-7-12(8-15(9-14)32-2)23(30)27-22-16-10-13(3-6-20(16)28-29-22)33-11-17-18(24)4-5-19(25)21(17)26/h3-10H,11H2,1-2H3,(H2,27,28,29,30). The van der Waals surface area contributed by atoms with Crippen molar-refractivity contribution in [1.82, 2.24) is 10.2 Å². The quantitative estimate of drug-likeness (QED) is 0.389. The average Bonchev–Trinajstić information content (AvgIpc) is 3.23. The molecular formula is C23H18F3N3O4. The van der Waals surface area contributed by atoms with Crippen LogP contribution < -0.4 is 19.5 Å². The van der Waals surface area contributed by atoms with Crippen LogP contribution in [0.3, 0.4) is 0 Å². The highest BCUT2D eigenvalue weighted by Gasteiger charge is 2.16. The summed E-state index contributed by atoms with van der Waals surface area (Å²) in [5.41, 5.74) is 0.346. The molecule has 0 saturated heterocycles. The molecule has 0 aliphatic heterocycles. The van der Waals surface area contributed by atoms with Gasteiger partial charge in [0.2, 0.25) is 0 Å². The van der Waals surface area contributed by atoms with Gasteiger partial charge in [-0.15, -0.1) is 0 Å². The Morgan fingerprint density at radius 2 is 1.64 bits per heavy atom. The molecule has 10 heteroatoms. The van der Waals surface area contributed by atoms with E-state index in [-0.39, 0.29) is 17.1 Å². The number of nitrogens with one attached hydrogen (secondary N) is 2. The first-order valence-corrected chi connectivity index (χ1v) is 9.67. The van der Waals surface area contributed by atoms with Crippen molar-refractivity contribution in [3.05, 3.63) is 77.1 Å². The molecule has 0 spiro atoms. The van der Waals surface area contributed by atoms with Crippen LogP contribution in [0, 0.1) is 17.5 Å². The monoisotopic (exact) mass is 457 g/mol. The summed E-state index contributed by atoms with van der Waals surface area (Å²) in [7, 11) is 2.95. The van der Waals surface area contributed by atoms with Crippen molar-refractivity contribution in [2.24, 2.45) is 0 Å². The molecule has 170 valence electrons. The number of carbonyl (C=O) groups is 1. The highest BCUT2D eigenvalue weighted by molar-refractivity contribution is 6.08. The lowest BCUT2D eigenvalue weighted by Gasteiger charge is -2.10. The topological polar surface area (TPSA) is 85.5 Å². The minimum absolute atomic E-state index is 0.213. The van der Waals surface area contributed by atoms with Gasteiger partial charge in [0, 0.05) is 17.0 Å². The molecule has 1 aromatic heterocycles. The number of hydrogen-bond acceptors (Lipinski definition) is 5. The molecule has 0 saturated carbocycles. The maximum absolute atomic E-state index is 13.9. The molecule has 0 bridgehead atoms. The Kier molecular flexibility index (Phi) is 6.07. The van der Waals surface area contributed by atoms with E-state index in [0.717, 1.165) is 6.07 Å². The zero-order valence-corrected chi connectivity index (χ0v) is 17.5. The molecule has 0 fully saturated rings. The van der Waals surface area contributed by atoms with Gasteiger partial charge in [0.25, 0.3) is 5.91 Å². The third-order valence-electron chi connectivity index (χ3n) is 4.90. The summed E-state index contributed by atoms with van der Waals surface area (Å²) in [6.07, 6.45) is 0. The lowest BCUT2D eigenvalue weighted by Crippen LogP contribution is -2.12. The maximum atomic E-state index is 13.9. The second-order valence-electron chi connectivity index (χ2n) is 6.95. The number of carbonyl (C=O) groups excluding carboxylic acids is 1. The number of aromatic amines is 1. The van der Waals surface area contributed by atoms with Gasteiger partial charge in [0.05, 0.1) is 25.3 Å². The number of aromatic nitrogens is 2. The molecule has 1 amide bonds. The van der Waals surface area contributed by atoms with Crippen molar-refractivity contribution in [3.8, 4) is 17.2 Å². The largest absolute Gasteiger partial charge is 0.497 e. The number of fused-ring (bicyclic) bond motifs is 1. The van der Waals surface area contributed by atoms with Crippen molar-refractivity contribution in [2.75, 3.05) is 19.5 Å². The molecule has 1 heterocycles. The highest BCUT2D eigenvalue weighted by Crippen LogP contribution is 2.28. The predicted molar refractivity (Wildman–Crippen MR) is 114 cm³/mol. The van der Waals surface area contributed by atoms with Gasteiger partial charge in [-0.25, -0.2) is 13.2 Å². The second kappa shape index (κ2) is 9.11. The summed E-state index contributed by atoms with van der Waals surface area (Å²) in [6.45, 7) is -0.524. The van der Waals surface area contributed by atoms with Crippen LogP contribution in [0.25, 0.3) is 10.9 Å². The first-order valence-electron chi connectivity index (χ1n) is 9.67. The fourth-order valence-corrected chi connectivity index (χ4v) is 3.15. The van der Waals surface area contributed by atoms with E-state index in [4.69, 9.17) is 14.2 Å². The third-order valence-corrected chi connectivity index (χ3v) is 4.90. The minimum Gasteiger partial charge on any atom is -0.497 e. The first-order chi connectivity index (χ1) is 15.9. The number of methoxy groups -OCH3 is 2. The maximum Gasteiger partial charge on any atom is 0.257 e. The van der Waals surface area contributed by atoms with Crippen molar-refractivity contribution >= 4 is 22.6 Å². The van der Waals surface area contributed by atoms with Gasteiger partial charge in [-0.2, -0.15) is 5.10 Å². The smallest absolute Gasteiger partial charge is 0.257 e. The molecule has 0 unspecified atom stereocenters. The van der Waals surface area contributed by atoms with Crippen LogP contribution in [0.1, 0.15) is 15.9 Å². The number of H-pyrrole nitrogens is 1. The van der Waals surface area contributed by atoms with Crippen molar-refractivity contribution < 1.29 is 32.2 Å². The van der Waals surface area contributed by atoms with Gasteiger partial charge < -0.3 is 19.5 Å². The Balaban J connectivity index is 1.56. The van der Waals surface area contributed by atoms with E-state index in [2.05, 4.69) is 15.5 Å². The average molecular weight is 457 g/mol. The highest BCUT2D eigenvalue weighted by atomic mass is 19.2. The van der Waals surface area contributed by atoms with Gasteiger partial charge in [-0.05, 0) is 42.5 Å². The predicted octanol–water partition coefficient (Wildman–Crippen LogP) is 4.83. The summed E-state index contributed by atoms with van der Waals surface area (Å²) < 4.78 is 56.9. The number of halogens is 3. The summed E-state index contributed by atoms with van der Waals surface area (Å²) in [5, 5.41) is 10.1. The van der Waals surface area contributed by atoms with Crippen molar-refractivity contribution in [2.45, 2.75) is 6.61 Å². The number of nitrogens with zero attached hydrogens (tertiary/aromatic N) is 1. The lowest BCUT2D eigenvalue weighted by molar-refractivity contribution is 0.102. The van der Waals surface area contributed by atoms with E-state index in [1.54, 1.807) is 30.3 Å². The van der Waals surface area contributed by atoms with Crippen LogP contribution >= 0.6 is 0 Å². The van der Waals surface area contributed by atoms with Crippen LogP contribution in [0.15, 0.2) is 48.5 Å². The van der Waals surface area contributed by atoms with Crippen LogP contribution in [-0.4, -0.2) is 30.3 Å². The molecule has 0 aliphatic carbocycles. The summed E-state index contributed by atoms with van der Waals surface area (Å²) >= 11 is 0. The van der Waals surface area contributed by atoms with Gasteiger partial charge in [-0.1, -0.05) is 0 Å². The molecule has 2 N–H and O–H groups in total. The van der Waals surface area contributed by atoms with Gasteiger partial charge >= 0.3 is 0 Å². The fraction of sp³-hybridized carbons (Fsp3) is 0.130. The Bertz CT molecular complexity index is 1320. The van der Waals surface area contributed by atoms with E-state index >= 15 is 0 Å². The molecule has 0 aliphatic rings. The third kappa shape index (κ3) is 4.54. The lowest BCUT2D eigenvalue weighted by atomic mass is 10.1. The van der Waals surface area contributed by atoms with E-state index in [1.165, 1.54) is 20.3 Å². The number of rotatable bonds is 7. The van der Waals surface area contributed by atoms with Crippen LogP contribution in [0.4, 0.5) is 19.0 Å². The Hall–Kier alpha value is -4.21. The number of benzene rings is 3. The van der Waals surface area contributed by atoms with Gasteiger partial charge in [-0.3, -0.25) is 9.89 Å². The van der Waals surface area contributed by atoms with Gasteiger partial charge in [0.1, 0.15) is 29.7 Å². The summed E-state index contributed by atoms with van der Waals surface area (Å²) in [6, 6.07) is 11.0.